The minimum atomic E-state index is 0.449. The van der Waals surface area contributed by atoms with Gasteiger partial charge in [-0.3, -0.25) is 0 Å². The maximum absolute atomic E-state index is 3.49. The van der Waals surface area contributed by atoms with Gasteiger partial charge in [0.2, 0.25) is 0 Å². The van der Waals surface area contributed by atoms with Gasteiger partial charge in [0, 0.05) is 4.47 Å². The van der Waals surface area contributed by atoms with Crippen molar-refractivity contribution in [3.05, 3.63) is 34.3 Å². The normalized spacial score (nSPS) is 25.9. The first-order valence-electron chi connectivity index (χ1n) is 5.95. The highest BCUT2D eigenvalue weighted by atomic mass is 79.9. The predicted molar refractivity (Wildman–Crippen MR) is 84.7 cm³/mol. The Bertz CT molecular complexity index is 359. The summed E-state index contributed by atoms with van der Waals surface area (Å²) in [4.78, 5) is 0. The molecule has 0 unspecified atom stereocenters. The van der Waals surface area contributed by atoms with Gasteiger partial charge in [0.1, 0.15) is 0 Å². The zero-order valence-electron chi connectivity index (χ0n) is 10.6. The maximum atomic E-state index is 3.49. The molecule has 1 aliphatic rings. The van der Waals surface area contributed by atoms with E-state index in [-0.39, 0.29) is 0 Å². The molecule has 2 rings (SSSR count). The smallest absolute Gasteiger partial charge is 0.0751 e. The van der Waals surface area contributed by atoms with Gasteiger partial charge in [-0.05, 0) is 40.5 Å². The quantitative estimate of drug-likeness (QED) is 0.658. The summed E-state index contributed by atoms with van der Waals surface area (Å²) in [5, 5.41) is 0. The predicted octanol–water partition coefficient (Wildman–Crippen LogP) is 5.59. The van der Waals surface area contributed by atoms with Crippen LogP contribution in [0.3, 0.4) is 0 Å². The van der Waals surface area contributed by atoms with Crippen LogP contribution in [-0.4, -0.2) is 11.5 Å². The molecule has 3 heteroatoms. The summed E-state index contributed by atoms with van der Waals surface area (Å²) >= 11 is 7.70. The number of hydrogen-bond donors (Lipinski definition) is 0. The van der Waals surface area contributed by atoms with Gasteiger partial charge in [-0.1, -0.05) is 48.8 Å². The van der Waals surface area contributed by atoms with E-state index in [0.717, 1.165) is 5.92 Å². The van der Waals surface area contributed by atoms with Crippen LogP contribution in [0.4, 0.5) is 0 Å². The van der Waals surface area contributed by atoms with E-state index in [0.29, 0.717) is 10.00 Å². The Labute approximate surface area is 121 Å². The molecule has 0 aliphatic carbocycles. The molecule has 0 amide bonds. The highest BCUT2D eigenvalue weighted by Gasteiger charge is 2.30. The SMILES string of the molecule is CC(C)(C)C1CSC(c2ccc(Br)cc2)SC1. The van der Waals surface area contributed by atoms with Gasteiger partial charge >= 0.3 is 0 Å². The summed E-state index contributed by atoms with van der Waals surface area (Å²) in [6, 6.07) is 8.77. The highest BCUT2D eigenvalue weighted by Crippen LogP contribution is 2.49. The molecule has 0 bridgehead atoms. The molecule has 94 valence electrons. The molecule has 1 saturated heterocycles. The summed E-state index contributed by atoms with van der Waals surface area (Å²) in [5.74, 6) is 3.42. The van der Waals surface area contributed by atoms with Crippen LogP contribution in [0.1, 0.15) is 30.9 Å². The lowest BCUT2D eigenvalue weighted by molar-refractivity contribution is 0.292. The lowest BCUT2D eigenvalue weighted by Crippen LogP contribution is -2.27. The largest absolute Gasteiger partial charge is 0.142 e. The van der Waals surface area contributed by atoms with Crippen molar-refractivity contribution in [1.29, 1.82) is 0 Å². The summed E-state index contributed by atoms with van der Waals surface area (Å²) in [6.45, 7) is 7.08. The summed E-state index contributed by atoms with van der Waals surface area (Å²) < 4.78 is 1.79. The minimum Gasteiger partial charge on any atom is -0.142 e. The molecule has 1 fully saturated rings. The Morgan fingerprint density at radius 2 is 1.59 bits per heavy atom. The third-order valence-corrected chi connectivity index (χ3v) is 6.95. The molecule has 0 aromatic heterocycles. The fraction of sp³-hybridized carbons (Fsp3) is 0.571. The van der Waals surface area contributed by atoms with E-state index in [1.165, 1.54) is 21.5 Å². The van der Waals surface area contributed by atoms with Crippen molar-refractivity contribution in [3.63, 3.8) is 0 Å². The van der Waals surface area contributed by atoms with Crippen LogP contribution in [-0.2, 0) is 0 Å². The zero-order valence-corrected chi connectivity index (χ0v) is 13.8. The standard InChI is InChI=1S/C14H19BrS2/c1-14(2,3)11-8-16-13(17-9-11)10-4-6-12(15)7-5-10/h4-7,11,13H,8-9H2,1-3H3. The Morgan fingerprint density at radius 1 is 1.06 bits per heavy atom. The van der Waals surface area contributed by atoms with Crippen molar-refractivity contribution in [3.8, 4) is 0 Å². The number of rotatable bonds is 1. The van der Waals surface area contributed by atoms with Crippen LogP contribution >= 0.6 is 39.5 Å². The topological polar surface area (TPSA) is 0 Å². The fourth-order valence-electron chi connectivity index (χ4n) is 1.82. The molecular formula is C14H19BrS2. The molecule has 1 aliphatic heterocycles. The third kappa shape index (κ3) is 3.68. The number of benzene rings is 1. The van der Waals surface area contributed by atoms with Crippen molar-refractivity contribution < 1.29 is 0 Å². The molecule has 0 spiro atoms. The van der Waals surface area contributed by atoms with Crippen molar-refractivity contribution >= 4 is 39.5 Å². The van der Waals surface area contributed by atoms with Crippen molar-refractivity contribution in [2.75, 3.05) is 11.5 Å². The van der Waals surface area contributed by atoms with Crippen LogP contribution < -0.4 is 0 Å². The summed E-state index contributed by atoms with van der Waals surface area (Å²) in [5.41, 5.74) is 1.90. The number of thioether (sulfide) groups is 2. The monoisotopic (exact) mass is 330 g/mol. The van der Waals surface area contributed by atoms with Gasteiger partial charge in [0.15, 0.2) is 0 Å². The average Bonchev–Trinajstić information content (AvgIpc) is 2.29. The molecule has 1 aromatic carbocycles. The summed E-state index contributed by atoms with van der Waals surface area (Å²) in [7, 11) is 0. The lowest BCUT2D eigenvalue weighted by atomic mass is 9.83. The molecule has 0 atom stereocenters. The van der Waals surface area contributed by atoms with Crippen LogP contribution in [0.2, 0.25) is 0 Å². The Balaban J connectivity index is 1.97. The lowest BCUT2D eigenvalue weighted by Gasteiger charge is -2.36. The first-order chi connectivity index (χ1) is 7.97. The van der Waals surface area contributed by atoms with E-state index in [4.69, 9.17) is 0 Å². The zero-order chi connectivity index (χ0) is 12.5. The summed E-state index contributed by atoms with van der Waals surface area (Å²) in [6.07, 6.45) is 0. The van der Waals surface area contributed by atoms with E-state index < -0.39 is 0 Å². The van der Waals surface area contributed by atoms with E-state index in [1.54, 1.807) is 0 Å². The fourth-order valence-corrected chi connectivity index (χ4v) is 5.83. The Morgan fingerprint density at radius 3 is 2.06 bits per heavy atom. The first kappa shape index (κ1) is 13.8. The second kappa shape index (κ2) is 5.58. The Hall–Kier alpha value is 0.400. The van der Waals surface area contributed by atoms with Gasteiger partial charge in [-0.15, -0.1) is 23.5 Å². The van der Waals surface area contributed by atoms with Crippen molar-refractivity contribution in [1.82, 2.24) is 0 Å². The first-order valence-corrected chi connectivity index (χ1v) is 8.84. The van der Waals surface area contributed by atoms with E-state index in [9.17, 15) is 0 Å². The van der Waals surface area contributed by atoms with Gasteiger partial charge in [0.25, 0.3) is 0 Å². The Kier molecular flexibility index (Phi) is 4.54. The van der Waals surface area contributed by atoms with Crippen LogP contribution in [0.15, 0.2) is 28.7 Å². The molecule has 17 heavy (non-hydrogen) atoms. The second-order valence-corrected chi connectivity index (χ2v) is 9.10. The molecule has 0 radical (unpaired) electrons. The average molecular weight is 331 g/mol. The van der Waals surface area contributed by atoms with E-state index >= 15 is 0 Å². The molecule has 0 saturated carbocycles. The van der Waals surface area contributed by atoms with Crippen molar-refractivity contribution in [2.45, 2.75) is 25.4 Å². The van der Waals surface area contributed by atoms with E-state index in [1.807, 2.05) is 0 Å². The number of hydrogen-bond acceptors (Lipinski definition) is 2. The maximum Gasteiger partial charge on any atom is 0.0751 e. The van der Waals surface area contributed by atoms with Gasteiger partial charge < -0.3 is 0 Å². The molecular weight excluding hydrogens is 312 g/mol. The third-order valence-electron chi connectivity index (χ3n) is 3.26. The minimum absolute atomic E-state index is 0.449. The molecule has 1 aromatic rings. The number of halogens is 1. The second-order valence-electron chi connectivity index (χ2n) is 5.61. The van der Waals surface area contributed by atoms with E-state index in [2.05, 4.69) is 84.5 Å². The van der Waals surface area contributed by atoms with Crippen LogP contribution in [0, 0.1) is 11.3 Å². The highest BCUT2D eigenvalue weighted by molar-refractivity contribution is 9.10. The van der Waals surface area contributed by atoms with Crippen molar-refractivity contribution in [2.24, 2.45) is 11.3 Å². The van der Waals surface area contributed by atoms with Gasteiger partial charge in [-0.2, -0.15) is 0 Å². The molecule has 1 heterocycles. The van der Waals surface area contributed by atoms with Gasteiger partial charge in [0.05, 0.1) is 4.58 Å². The van der Waals surface area contributed by atoms with Crippen LogP contribution in [0.25, 0.3) is 0 Å². The molecule has 0 nitrogen and oxygen atoms in total. The van der Waals surface area contributed by atoms with Gasteiger partial charge in [-0.25, -0.2) is 0 Å². The molecule has 0 N–H and O–H groups in total. The van der Waals surface area contributed by atoms with Crippen LogP contribution in [0.5, 0.6) is 0 Å².